The molecule has 100 valence electrons. The fourth-order valence-electron chi connectivity index (χ4n) is 2.42. The van der Waals surface area contributed by atoms with E-state index in [0.717, 1.165) is 19.6 Å². The van der Waals surface area contributed by atoms with Gasteiger partial charge in [-0.1, -0.05) is 13.8 Å². The van der Waals surface area contributed by atoms with Gasteiger partial charge in [0.15, 0.2) is 0 Å². The van der Waals surface area contributed by atoms with E-state index in [0.29, 0.717) is 12.5 Å². The van der Waals surface area contributed by atoms with Gasteiger partial charge in [0.25, 0.3) is 0 Å². The molecule has 17 heavy (non-hydrogen) atoms. The average molecular weight is 241 g/mol. The van der Waals surface area contributed by atoms with E-state index in [2.05, 4.69) is 24.5 Å². The minimum atomic E-state index is 0.122. The highest BCUT2D eigenvalue weighted by atomic mass is 16.2. The van der Waals surface area contributed by atoms with Crippen LogP contribution in [0.25, 0.3) is 0 Å². The summed E-state index contributed by atoms with van der Waals surface area (Å²) < 4.78 is 0. The molecule has 1 fully saturated rings. The summed E-state index contributed by atoms with van der Waals surface area (Å²) in [5, 5.41) is 6.43. The maximum absolute atomic E-state index is 11.6. The largest absolute Gasteiger partial charge is 0.354 e. The van der Waals surface area contributed by atoms with Crippen molar-refractivity contribution < 1.29 is 4.79 Å². The quantitative estimate of drug-likeness (QED) is 0.744. The number of hydrogen-bond acceptors (Lipinski definition) is 3. The molecule has 0 atom stereocenters. The van der Waals surface area contributed by atoms with Crippen LogP contribution < -0.4 is 10.6 Å². The third-order valence-corrected chi connectivity index (χ3v) is 3.65. The van der Waals surface area contributed by atoms with Crippen LogP contribution in [0.2, 0.25) is 0 Å². The molecule has 2 N–H and O–H groups in total. The predicted molar refractivity (Wildman–Crippen MR) is 70.9 cm³/mol. The summed E-state index contributed by atoms with van der Waals surface area (Å²) in [4.78, 5) is 13.5. The van der Waals surface area contributed by atoms with Crippen molar-refractivity contribution in [3.63, 3.8) is 0 Å². The molecule has 0 bridgehead atoms. The van der Waals surface area contributed by atoms with Crippen LogP contribution in [-0.2, 0) is 4.79 Å². The molecule has 0 spiro atoms. The topological polar surface area (TPSA) is 44.4 Å². The summed E-state index contributed by atoms with van der Waals surface area (Å²) in [5.41, 5.74) is 0.198. The van der Waals surface area contributed by atoms with E-state index in [1.807, 2.05) is 19.0 Å². The minimum absolute atomic E-state index is 0.122. The summed E-state index contributed by atoms with van der Waals surface area (Å²) in [6, 6.07) is 0. The van der Waals surface area contributed by atoms with Crippen LogP contribution in [0.15, 0.2) is 0 Å². The van der Waals surface area contributed by atoms with Crippen molar-refractivity contribution in [2.75, 3.05) is 40.3 Å². The molecule has 1 rings (SSSR count). The Morgan fingerprint density at radius 2 is 1.94 bits per heavy atom. The molecule has 1 heterocycles. The molecular weight excluding hydrogens is 214 g/mol. The molecule has 0 aromatic carbocycles. The standard InChI is InChI=1S/C13H27N3O/c1-13(2,11-5-7-14-8-6-11)10-15-12(17)9-16(3)4/h11,14H,5-10H2,1-4H3,(H,15,17). The van der Waals surface area contributed by atoms with Crippen molar-refractivity contribution in [2.45, 2.75) is 26.7 Å². The lowest BCUT2D eigenvalue weighted by atomic mass is 9.74. The highest BCUT2D eigenvalue weighted by Gasteiger charge is 2.30. The summed E-state index contributed by atoms with van der Waals surface area (Å²) in [6.07, 6.45) is 2.44. The number of nitrogens with zero attached hydrogens (tertiary/aromatic N) is 1. The minimum Gasteiger partial charge on any atom is -0.354 e. The zero-order valence-corrected chi connectivity index (χ0v) is 11.7. The predicted octanol–water partition coefficient (Wildman–Crippen LogP) is 0.690. The lowest BCUT2D eigenvalue weighted by Gasteiger charge is -2.37. The van der Waals surface area contributed by atoms with Crippen molar-refractivity contribution in [1.29, 1.82) is 0 Å². The van der Waals surface area contributed by atoms with Gasteiger partial charge in [-0.25, -0.2) is 0 Å². The monoisotopic (exact) mass is 241 g/mol. The Morgan fingerprint density at radius 1 is 1.35 bits per heavy atom. The van der Waals surface area contributed by atoms with Crippen LogP contribution in [0.1, 0.15) is 26.7 Å². The van der Waals surface area contributed by atoms with E-state index < -0.39 is 0 Å². The molecule has 1 saturated heterocycles. The Kier molecular flexibility index (Phi) is 5.40. The molecule has 0 aliphatic carbocycles. The summed E-state index contributed by atoms with van der Waals surface area (Å²) in [7, 11) is 3.83. The molecule has 0 radical (unpaired) electrons. The van der Waals surface area contributed by atoms with E-state index in [4.69, 9.17) is 0 Å². The number of rotatable bonds is 5. The molecule has 1 aliphatic heterocycles. The number of nitrogens with one attached hydrogen (secondary N) is 2. The van der Waals surface area contributed by atoms with Crippen LogP contribution in [0.5, 0.6) is 0 Å². The summed E-state index contributed by atoms with van der Waals surface area (Å²) >= 11 is 0. The van der Waals surface area contributed by atoms with Crippen molar-refractivity contribution in [2.24, 2.45) is 11.3 Å². The fourth-order valence-corrected chi connectivity index (χ4v) is 2.42. The third-order valence-electron chi connectivity index (χ3n) is 3.65. The molecule has 1 aliphatic rings. The molecule has 0 saturated carbocycles. The first-order chi connectivity index (χ1) is 7.92. The fraction of sp³-hybridized carbons (Fsp3) is 0.923. The van der Waals surface area contributed by atoms with Gasteiger partial charge in [0.1, 0.15) is 0 Å². The van der Waals surface area contributed by atoms with Gasteiger partial charge in [-0.15, -0.1) is 0 Å². The van der Waals surface area contributed by atoms with E-state index in [-0.39, 0.29) is 11.3 Å². The van der Waals surface area contributed by atoms with Crippen LogP contribution in [-0.4, -0.2) is 51.1 Å². The lowest BCUT2D eigenvalue weighted by molar-refractivity contribution is -0.122. The second kappa shape index (κ2) is 6.36. The Bertz CT molecular complexity index is 245. The van der Waals surface area contributed by atoms with Crippen LogP contribution >= 0.6 is 0 Å². The molecule has 4 nitrogen and oxygen atoms in total. The zero-order valence-electron chi connectivity index (χ0n) is 11.7. The van der Waals surface area contributed by atoms with Crippen LogP contribution in [0.3, 0.4) is 0 Å². The number of amides is 1. The van der Waals surface area contributed by atoms with Gasteiger partial charge >= 0.3 is 0 Å². The normalized spacial score (nSPS) is 18.4. The maximum Gasteiger partial charge on any atom is 0.234 e. The first-order valence-electron chi connectivity index (χ1n) is 6.54. The van der Waals surface area contributed by atoms with Crippen LogP contribution in [0, 0.1) is 11.3 Å². The Morgan fingerprint density at radius 3 is 2.47 bits per heavy atom. The van der Waals surface area contributed by atoms with E-state index >= 15 is 0 Å². The maximum atomic E-state index is 11.6. The Hall–Kier alpha value is -0.610. The van der Waals surface area contributed by atoms with Gasteiger partial charge < -0.3 is 15.5 Å². The van der Waals surface area contributed by atoms with Gasteiger partial charge in [-0.2, -0.15) is 0 Å². The number of carbonyl (C=O) groups excluding carboxylic acids is 1. The molecular formula is C13H27N3O. The number of carbonyl (C=O) groups is 1. The van der Waals surface area contributed by atoms with Gasteiger partial charge in [0.05, 0.1) is 6.54 Å². The number of hydrogen-bond donors (Lipinski definition) is 2. The highest BCUT2D eigenvalue weighted by Crippen LogP contribution is 2.32. The zero-order chi connectivity index (χ0) is 12.9. The van der Waals surface area contributed by atoms with Gasteiger partial charge in [0, 0.05) is 6.54 Å². The Labute approximate surface area is 105 Å². The summed E-state index contributed by atoms with van der Waals surface area (Å²) in [6.45, 7) is 8.00. The second-order valence-electron chi connectivity index (χ2n) is 6.03. The smallest absolute Gasteiger partial charge is 0.234 e. The van der Waals surface area contributed by atoms with E-state index in [1.165, 1.54) is 12.8 Å². The second-order valence-corrected chi connectivity index (χ2v) is 6.03. The van der Waals surface area contributed by atoms with E-state index in [9.17, 15) is 4.79 Å². The molecule has 1 amide bonds. The van der Waals surface area contributed by atoms with Crippen molar-refractivity contribution in [3.8, 4) is 0 Å². The van der Waals surface area contributed by atoms with Crippen molar-refractivity contribution in [3.05, 3.63) is 0 Å². The lowest BCUT2D eigenvalue weighted by Crippen LogP contribution is -2.44. The van der Waals surface area contributed by atoms with Gasteiger partial charge in [-0.05, 0) is 51.4 Å². The molecule has 4 heteroatoms. The van der Waals surface area contributed by atoms with E-state index in [1.54, 1.807) is 0 Å². The van der Waals surface area contributed by atoms with Crippen molar-refractivity contribution in [1.82, 2.24) is 15.5 Å². The molecule has 0 aromatic rings. The average Bonchev–Trinajstić information content (AvgIpc) is 2.27. The number of piperidine rings is 1. The SMILES string of the molecule is CN(C)CC(=O)NCC(C)(C)C1CCNCC1. The van der Waals surface area contributed by atoms with Crippen molar-refractivity contribution >= 4 is 5.91 Å². The third kappa shape index (κ3) is 5.04. The number of likely N-dealkylation sites (N-methyl/N-ethyl adjacent to an activating group) is 1. The highest BCUT2D eigenvalue weighted by molar-refractivity contribution is 5.77. The first-order valence-corrected chi connectivity index (χ1v) is 6.54. The molecule has 0 aromatic heterocycles. The Balaban J connectivity index is 2.35. The van der Waals surface area contributed by atoms with Crippen LogP contribution in [0.4, 0.5) is 0 Å². The summed E-state index contributed by atoms with van der Waals surface area (Å²) in [5.74, 6) is 0.834. The van der Waals surface area contributed by atoms with Gasteiger partial charge in [-0.3, -0.25) is 4.79 Å². The first kappa shape index (κ1) is 14.5. The van der Waals surface area contributed by atoms with Gasteiger partial charge in [0.2, 0.25) is 5.91 Å². The molecule has 0 unspecified atom stereocenters.